The lowest BCUT2D eigenvalue weighted by molar-refractivity contribution is 0.407. The van der Waals surface area contributed by atoms with Crippen LogP contribution in [0.4, 0.5) is 0 Å². The Labute approximate surface area is 129 Å². The van der Waals surface area contributed by atoms with Gasteiger partial charge < -0.3 is 9.88 Å². The monoisotopic (exact) mass is 315 g/mol. The van der Waals surface area contributed by atoms with Crippen LogP contribution in [0.25, 0.3) is 0 Å². The summed E-state index contributed by atoms with van der Waals surface area (Å²) in [6, 6.07) is 1.98. The number of nitrogens with one attached hydrogen (secondary N) is 2. The van der Waals surface area contributed by atoms with Crippen LogP contribution >= 0.6 is 0 Å². The molecule has 0 saturated carbocycles. The van der Waals surface area contributed by atoms with Crippen LogP contribution in [0.2, 0.25) is 0 Å². The van der Waals surface area contributed by atoms with Crippen LogP contribution in [0.5, 0.6) is 0 Å². The number of rotatable bonds is 7. The molecule has 0 radical (unpaired) electrons. The number of hydrogen-bond donors (Lipinski definition) is 2. The van der Waals surface area contributed by atoms with Gasteiger partial charge in [0.05, 0.1) is 4.90 Å². The lowest BCUT2D eigenvalue weighted by Crippen LogP contribution is -2.32. The smallest absolute Gasteiger partial charge is 0.242 e. The van der Waals surface area contributed by atoms with Crippen LogP contribution in [0.15, 0.2) is 17.2 Å². The Kier molecular flexibility index (Phi) is 6.01. The first kappa shape index (κ1) is 18.2. The van der Waals surface area contributed by atoms with E-state index in [9.17, 15) is 8.42 Å². The Morgan fingerprint density at radius 2 is 1.90 bits per heavy atom. The fourth-order valence-corrected chi connectivity index (χ4v) is 3.25. The fraction of sp³-hybridized carbons (Fsp3) is 0.733. The Balaban J connectivity index is 3.01. The highest BCUT2D eigenvalue weighted by molar-refractivity contribution is 7.89. The van der Waals surface area contributed by atoms with Crippen LogP contribution < -0.4 is 10.0 Å². The normalized spacial score (nSPS) is 13.1. The van der Waals surface area contributed by atoms with E-state index in [1.807, 2.05) is 32.3 Å². The molecule has 1 aromatic heterocycles. The Hall–Kier alpha value is -0.850. The molecule has 0 amide bonds. The van der Waals surface area contributed by atoms with E-state index < -0.39 is 10.0 Å². The minimum atomic E-state index is -3.45. The minimum absolute atomic E-state index is 0.0831. The Bertz CT molecular complexity index is 554. The van der Waals surface area contributed by atoms with E-state index in [0.717, 1.165) is 12.2 Å². The van der Waals surface area contributed by atoms with Crippen molar-refractivity contribution in [3.05, 3.63) is 18.0 Å². The first-order chi connectivity index (χ1) is 9.57. The summed E-state index contributed by atoms with van der Waals surface area (Å²) in [6.45, 7) is 14.1. The SMILES string of the molecule is CCNCc1cc(S(=O)(=O)NCC(C)(C)C)cn1C(C)C. The molecule has 0 aromatic carbocycles. The lowest BCUT2D eigenvalue weighted by atomic mass is 9.98. The van der Waals surface area contributed by atoms with Gasteiger partial charge in [-0.15, -0.1) is 0 Å². The van der Waals surface area contributed by atoms with Gasteiger partial charge in [0.25, 0.3) is 0 Å². The van der Waals surface area contributed by atoms with Gasteiger partial charge in [-0.1, -0.05) is 27.7 Å². The molecule has 0 spiro atoms. The topological polar surface area (TPSA) is 63.1 Å². The van der Waals surface area contributed by atoms with Crippen molar-refractivity contribution in [2.45, 2.75) is 59.0 Å². The van der Waals surface area contributed by atoms with Crippen LogP contribution in [0.3, 0.4) is 0 Å². The molecule has 0 aliphatic heterocycles. The molecule has 0 saturated heterocycles. The van der Waals surface area contributed by atoms with E-state index >= 15 is 0 Å². The predicted octanol–water partition coefficient (Wildman–Crippen LogP) is 2.50. The summed E-state index contributed by atoms with van der Waals surface area (Å²) in [5.41, 5.74) is 0.906. The zero-order valence-electron chi connectivity index (χ0n) is 14.0. The van der Waals surface area contributed by atoms with Crippen LogP contribution in [0.1, 0.15) is 53.3 Å². The highest BCUT2D eigenvalue weighted by Crippen LogP contribution is 2.20. The second kappa shape index (κ2) is 6.94. The van der Waals surface area contributed by atoms with Crippen molar-refractivity contribution in [1.29, 1.82) is 0 Å². The third-order valence-corrected chi connectivity index (χ3v) is 4.49. The lowest BCUT2D eigenvalue weighted by Gasteiger charge is -2.18. The molecule has 6 heteroatoms. The van der Waals surface area contributed by atoms with E-state index in [2.05, 4.69) is 23.9 Å². The van der Waals surface area contributed by atoms with Gasteiger partial charge in [0, 0.05) is 31.0 Å². The molecule has 0 atom stereocenters. The standard InChI is InChI=1S/C15H29N3O2S/c1-7-16-9-13-8-14(10-18(13)12(2)3)21(19,20)17-11-15(4,5)6/h8,10,12,16-17H,7,9,11H2,1-6H3. The molecule has 1 aromatic rings. The van der Waals surface area contributed by atoms with E-state index in [1.165, 1.54) is 0 Å². The quantitative estimate of drug-likeness (QED) is 0.812. The van der Waals surface area contributed by atoms with E-state index in [-0.39, 0.29) is 11.5 Å². The minimum Gasteiger partial charge on any atom is -0.346 e. The van der Waals surface area contributed by atoms with Gasteiger partial charge in [0.2, 0.25) is 10.0 Å². The summed E-state index contributed by atoms with van der Waals surface area (Å²) in [5, 5.41) is 3.24. The summed E-state index contributed by atoms with van der Waals surface area (Å²) in [6.07, 6.45) is 1.72. The van der Waals surface area contributed by atoms with E-state index in [4.69, 9.17) is 0 Å². The molecule has 0 bridgehead atoms. The summed E-state index contributed by atoms with van der Waals surface area (Å²) >= 11 is 0. The van der Waals surface area contributed by atoms with Crippen molar-refractivity contribution in [3.8, 4) is 0 Å². The molecule has 0 aliphatic carbocycles. The largest absolute Gasteiger partial charge is 0.346 e. The number of nitrogens with zero attached hydrogens (tertiary/aromatic N) is 1. The Morgan fingerprint density at radius 1 is 1.29 bits per heavy atom. The molecule has 0 unspecified atom stereocenters. The maximum atomic E-state index is 12.4. The molecule has 0 fully saturated rings. The maximum Gasteiger partial charge on any atom is 0.242 e. The highest BCUT2D eigenvalue weighted by atomic mass is 32.2. The van der Waals surface area contributed by atoms with Crippen molar-refractivity contribution in [2.75, 3.05) is 13.1 Å². The number of sulfonamides is 1. The molecular formula is C15H29N3O2S. The van der Waals surface area contributed by atoms with Crippen molar-refractivity contribution >= 4 is 10.0 Å². The molecular weight excluding hydrogens is 286 g/mol. The molecule has 5 nitrogen and oxygen atoms in total. The molecule has 1 heterocycles. The molecule has 1 rings (SSSR count). The molecule has 21 heavy (non-hydrogen) atoms. The summed E-state index contributed by atoms with van der Waals surface area (Å²) in [4.78, 5) is 0.341. The van der Waals surface area contributed by atoms with Gasteiger partial charge in [-0.25, -0.2) is 13.1 Å². The third kappa shape index (κ3) is 5.45. The highest BCUT2D eigenvalue weighted by Gasteiger charge is 2.21. The van der Waals surface area contributed by atoms with Crippen molar-refractivity contribution in [1.82, 2.24) is 14.6 Å². The zero-order valence-corrected chi connectivity index (χ0v) is 14.8. The van der Waals surface area contributed by atoms with Crippen molar-refractivity contribution in [3.63, 3.8) is 0 Å². The first-order valence-electron chi connectivity index (χ1n) is 7.48. The van der Waals surface area contributed by atoms with Gasteiger partial charge in [-0.3, -0.25) is 0 Å². The maximum absolute atomic E-state index is 12.4. The molecule has 2 N–H and O–H groups in total. The van der Waals surface area contributed by atoms with Crippen LogP contribution in [-0.2, 0) is 16.6 Å². The second-order valence-electron chi connectivity index (χ2n) is 6.83. The van der Waals surface area contributed by atoms with Gasteiger partial charge >= 0.3 is 0 Å². The average molecular weight is 315 g/mol. The van der Waals surface area contributed by atoms with Crippen LogP contribution in [0, 0.1) is 5.41 Å². The first-order valence-corrected chi connectivity index (χ1v) is 8.96. The van der Waals surface area contributed by atoms with Crippen LogP contribution in [-0.4, -0.2) is 26.1 Å². The summed E-state index contributed by atoms with van der Waals surface area (Å²) in [7, 11) is -3.45. The van der Waals surface area contributed by atoms with E-state index in [1.54, 1.807) is 12.3 Å². The van der Waals surface area contributed by atoms with E-state index in [0.29, 0.717) is 18.0 Å². The zero-order chi connectivity index (χ0) is 16.3. The fourth-order valence-electron chi connectivity index (χ4n) is 1.91. The molecule has 0 aliphatic rings. The Morgan fingerprint density at radius 3 is 2.38 bits per heavy atom. The molecule has 122 valence electrons. The number of aromatic nitrogens is 1. The predicted molar refractivity (Wildman–Crippen MR) is 86.8 cm³/mol. The van der Waals surface area contributed by atoms with Crippen molar-refractivity contribution < 1.29 is 8.42 Å². The second-order valence-corrected chi connectivity index (χ2v) is 8.60. The van der Waals surface area contributed by atoms with Gasteiger partial charge in [0.15, 0.2) is 0 Å². The van der Waals surface area contributed by atoms with Crippen molar-refractivity contribution in [2.24, 2.45) is 5.41 Å². The average Bonchev–Trinajstić information content (AvgIpc) is 2.78. The van der Waals surface area contributed by atoms with Gasteiger partial charge in [-0.2, -0.15) is 0 Å². The van der Waals surface area contributed by atoms with Gasteiger partial charge in [0.1, 0.15) is 0 Å². The third-order valence-electron chi connectivity index (χ3n) is 3.12. The summed E-state index contributed by atoms with van der Waals surface area (Å²) < 4.78 is 29.5. The van der Waals surface area contributed by atoms with Gasteiger partial charge in [-0.05, 0) is 31.9 Å². The number of hydrogen-bond acceptors (Lipinski definition) is 3. The summed E-state index contributed by atoms with van der Waals surface area (Å²) in [5.74, 6) is 0.